The van der Waals surface area contributed by atoms with Crippen LogP contribution >= 0.6 is 15.9 Å². The van der Waals surface area contributed by atoms with Gasteiger partial charge in [0, 0.05) is 25.7 Å². The fourth-order valence-corrected chi connectivity index (χ4v) is 1.86. The Morgan fingerprint density at radius 1 is 1.25 bits per heavy atom. The van der Waals surface area contributed by atoms with Crippen LogP contribution in [-0.2, 0) is 20.1 Å². The van der Waals surface area contributed by atoms with E-state index in [0.717, 1.165) is 17.7 Å². The fourth-order valence-electron chi connectivity index (χ4n) is 1.52. The normalized spacial score (nSPS) is 10.6. The van der Waals surface area contributed by atoms with E-state index in [4.69, 9.17) is 0 Å². The van der Waals surface area contributed by atoms with Crippen molar-refractivity contribution in [1.29, 1.82) is 0 Å². The summed E-state index contributed by atoms with van der Waals surface area (Å²) in [5.74, 6) is 0. The minimum Gasteiger partial charge on any atom is -0.308 e. The summed E-state index contributed by atoms with van der Waals surface area (Å²) in [5, 5.41) is 7.56. The molecule has 1 N–H and O–H groups in total. The molecule has 0 aliphatic rings. The van der Waals surface area contributed by atoms with Gasteiger partial charge in [-0.3, -0.25) is 4.68 Å². The van der Waals surface area contributed by atoms with E-state index in [-0.39, 0.29) is 0 Å². The van der Waals surface area contributed by atoms with Gasteiger partial charge in [-0.15, -0.1) is 0 Å². The SMILES string of the molecule is Cn1ncc(CNCc2ccccc2)c1Br. The van der Waals surface area contributed by atoms with Crippen LogP contribution in [0.5, 0.6) is 0 Å². The maximum absolute atomic E-state index is 4.17. The number of halogens is 1. The van der Waals surface area contributed by atoms with Gasteiger partial charge in [-0.05, 0) is 21.5 Å². The minimum atomic E-state index is 0.823. The molecule has 0 bridgehead atoms. The third kappa shape index (κ3) is 2.71. The summed E-state index contributed by atoms with van der Waals surface area (Å²) in [6.07, 6.45) is 1.88. The predicted octanol–water partition coefficient (Wildman–Crippen LogP) is 2.47. The lowest BCUT2D eigenvalue weighted by Crippen LogP contribution is -2.12. The van der Waals surface area contributed by atoms with Crippen LogP contribution in [0.15, 0.2) is 41.1 Å². The monoisotopic (exact) mass is 279 g/mol. The number of benzene rings is 1. The van der Waals surface area contributed by atoms with E-state index in [2.05, 4.69) is 50.6 Å². The molecule has 0 atom stereocenters. The number of nitrogens with zero attached hydrogens (tertiary/aromatic N) is 2. The van der Waals surface area contributed by atoms with Crippen molar-refractivity contribution in [3.05, 3.63) is 52.3 Å². The van der Waals surface area contributed by atoms with E-state index in [9.17, 15) is 0 Å². The van der Waals surface area contributed by atoms with E-state index >= 15 is 0 Å². The van der Waals surface area contributed by atoms with Crippen molar-refractivity contribution in [1.82, 2.24) is 15.1 Å². The van der Waals surface area contributed by atoms with Crippen LogP contribution in [-0.4, -0.2) is 9.78 Å². The Morgan fingerprint density at radius 3 is 2.62 bits per heavy atom. The zero-order valence-electron chi connectivity index (χ0n) is 9.15. The summed E-state index contributed by atoms with van der Waals surface area (Å²) in [7, 11) is 1.92. The lowest BCUT2D eigenvalue weighted by Gasteiger charge is -2.03. The quantitative estimate of drug-likeness (QED) is 0.932. The third-order valence-corrected chi connectivity index (χ3v) is 3.45. The summed E-state index contributed by atoms with van der Waals surface area (Å²) in [4.78, 5) is 0. The molecule has 0 amide bonds. The second kappa shape index (κ2) is 5.27. The lowest BCUT2D eigenvalue weighted by molar-refractivity contribution is 0.687. The molecule has 0 aliphatic carbocycles. The molecule has 0 saturated heterocycles. The van der Waals surface area contributed by atoms with Crippen LogP contribution in [0.25, 0.3) is 0 Å². The van der Waals surface area contributed by atoms with Gasteiger partial charge in [0.25, 0.3) is 0 Å². The van der Waals surface area contributed by atoms with Gasteiger partial charge in [0.05, 0.1) is 6.20 Å². The molecule has 1 aromatic carbocycles. The highest BCUT2D eigenvalue weighted by molar-refractivity contribution is 9.10. The Balaban J connectivity index is 1.87. The Bertz CT molecular complexity index is 451. The van der Waals surface area contributed by atoms with E-state index in [1.807, 2.05) is 24.0 Å². The number of hydrogen-bond acceptors (Lipinski definition) is 2. The van der Waals surface area contributed by atoms with Gasteiger partial charge in [-0.2, -0.15) is 5.10 Å². The first-order chi connectivity index (χ1) is 7.77. The van der Waals surface area contributed by atoms with Crippen molar-refractivity contribution >= 4 is 15.9 Å². The number of aromatic nitrogens is 2. The molecular weight excluding hydrogens is 266 g/mol. The van der Waals surface area contributed by atoms with E-state index in [0.29, 0.717) is 0 Å². The molecule has 0 saturated carbocycles. The van der Waals surface area contributed by atoms with Crippen LogP contribution in [0, 0.1) is 0 Å². The first-order valence-corrected chi connectivity index (χ1v) is 5.97. The van der Waals surface area contributed by atoms with Gasteiger partial charge in [-0.25, -0.2) is 0 Å². The highest BCUT2D eigenvalue weighted by Gasteiger charge is 2.03. The van der Waals surface area contributed by atoms with E-state index in [1.54, 1.807) is 0 Å². The molecule has 2 aromatic rings. The molecule has 16 heavy (non-hydrogen) atoms. The van der Waals surface area contributed by atoms with Crippen LogP contribution in [0.4, 0.5) is 0 Å². The summed E-state index contributed by atoms with van der Waals surface area (Å²) in [6, 6.07) is 10.4. The van der Waals surface area contributed by atoms with Gasteiger partial charge >= 0.3 is 0 Å². The summed E-state index contributed by atoms with van der Waals surface area (Å²) in [5.41, 5.74) is 2.47. The molecule has 3 nitrogen and oxygen atoms in total. The maximum atomic E-state index is 4.17. The summed E-state index contributed by atoms with van der Waals surface area (Å²) in [6.45, 7) is 1.70. The molecule has 0 aliphatic heterocycles. The minimum absolute atomic E-state index is 0.823. The fraction of sp³-hybridized carbons (Fsp3) is 0.250. The van der Waals surface area contributed by atoms with Gasteiger partial charge < -0.3 is 5.32 Å². The van der Waals surface area contributed by atoms with Crippen molar-refractivity contribution in [2.75, 3.05) is 0 Å². The molecule has 1 aromatic heterocycles. The molecule has 0 unspecified atom stereocenters. The Hall–Kier alpha value is -1.13. The van der Waals surface area contributed by atoms with Gasteiger partial charge in [0.1, 0.15) is 4.60 Å². The van der Waals surface area contributed by atoms with Crippen LogP contribution < -0.4 is 5.32 Å². The first kappa shape index (κ1) is 11.4. The molecule has 0 fully saturated rings. The molecule has 4 heteroatoms. The topological polar surface area (TPSA) is 29.9 Å². The number of hydrogen-bond donors (Lipinski definition) is 1. The molecule has 1 heterocycles. The lowest BCUT2D eigenvalue weighted by atomic mass is 10.2. The highest BCUT2D eigenvalue weighted by Crippen LogP contribution is 2.14. The zero-order chi connectivity index (χ0) is 11.4. The molecule has 2 rings (SSSR count). The van der Waals surface area contributed by atoms with Crippen molar-refractivity contribution in [2.24, 2.45) is 7.05 Å². The van der Waals surface area contributed by atoms with Crippen molar-refractivity contribution in [2.45, 2.75) is 13.1 Å². The average Bonchev–Trinajstić information content (AvgIpc) is 2.62. The van der Waals surface area contributed by atoms with Gasteiger partial charge in [-0.1, -0.05) is 30.3 Å². The molecule has 0 radical (unpaired) electrons. The van der Waals surface area contributed by atoms with Crippen molar-refractivity contribution in [3.63, 3.8) is 0 Å². The highest BCUT2D eigenvalue weighted by atomic mass is 79.9. The average molecular weight is 280 g/mol. The maximum Gasteiger partial charge on any atom is 0.108 e. The molecule has 0 spiro atoms. The first-order valence-electron chi connectivity index (χ1n) is 5.18. The Morgan fingerprint density at radius 2 is 2.00 bits per heavy atom. The number of rotatable bonds is 4. The van der Waals surface area contributed by atoms with E-state index in [1.165, 1.54) is 11.1 Å². The summed E-state index contributed by atoms with van der Waals surface area (Å²) < 4.78 is 2.85. The smallest absolute Gasteiger partial charge is 0.108 e. The third-order valence-electron chi connectivity index (χ3n) is 2.42. The molecule has 84 valence electrons. The van der Waals surface area contributed by atoms with Crippen LogP contribution in [0.1, 0.15) is 11.1 Å². The van der Waals surface area contributed by atoms with E-state index < -0.39 is 0 Å². The Labute approximate surface area is 104 Å². The largest absolute Gasteiger partial charge is 0.308 e. The standard InChI is InChI=1S/C12H14BrN3/c1-16-12(13)11(9-15-16)8-14-7-10-5-3-2-4-6-10/h2-6,9,14H,7-8H2,1H3. The second-order valence-electron chi connectivity index (χ2n) is 3.67. The van der Waals surface area contributed by atoms with Crippen molar-refractivity contribution in [3.8, 4) is 0 Å². The molecular formula is C12H14BrN3. The predicted molar refractivity (Wildman–Crippen MR) is 67.9 cm³/mol. The second-order valence-corrected chi connectivity index (χ2v) is 4.42. The van der Waals surface area contributed by atoms with Crippen molar-refractivity contribution < 1.29 is 0 Å². The Kier molecular flexibility index (Phi) is 3.74. The van der Waals surface area contributed by atoms with Crippen LogP contribution in [0.3, 0.4) is 0 Å². The van der Waals surface area contributed by atoms with Gasteiger partial charge in [0.15, 0.2) is 0 Å². The van der Waals surface area contributed by atoms with Crippen LogP contribution in [0.2, 0.25) is 0 Å². The number of nitrogens with one attached hydrogen (secondary N) is 1. The zero-order valence-corrected chi connectivity index (χ0v) is 10.7. The van der Waals surface area contributed by atoms with Gasteiger partial charge in [0.2, 0.25) is 0 Å². The summed E-state index contributed by atoms with van der Waals surface area (Å²) >= 11 is 3.50. The number of aryl methyl sites for hydroxylation is 1.